The van der Waals surface area contributed by atoms with E-state index in [4.69, 9.17) is 0 Å². The van der Waals surface area contributed by atoms with Crippen LogP contribution in [0.15, 0.2) is 18.2 Å². The molecule has 2 N–H and O–H groups in total. The van der Waals surface area contributed by atoms with E-state index in [0.717, 1.165) is 31.5 Å². The summed E-state index contributed by atoms with van der Waals surface area (Å²) in [5.41, 5.74) is 2.70. The maximum atomic E-state index is 12.1. The highest BCUT2D eigenvalue weighted by Crippen LogP contribution is 2.29. The van der Waals surface area contributed by atoms with E-state index in [2.05, 4.69) is 11.4 Å². The lowest BCUT2D eigenvalue weighted by Crippen LogP contribution is -2.26. The zero-order valence-electron chi connectivity index (χ0n) is 11.8. The van der Waals surface area contributed by atoms with Crippen molar-refractivity contribution >= 4 is 5.78 Å². The Morgan fingerprint density at radius 2 is 2.11 bits per heavy atom. The third-order valence-corrected chi connectivity index (χ3v) is 3.96. The van der Waals surface area contributed by atoms with Crippen LogP contribution in [0.1, 0.15) is 66.6 Å². The maximum absolute atomic E-state index is 12.1. The van der Waals surface area contributed by atoms with Crippen molar-refractivity contribution in [3.63, 3.8) is 0 Å². The van der Waals surface area contributed by atoms with E-state index in [1.54, 1.807) is 6.92 Å². The van der Waals surface area contributed by atoms with Crippen molar-refractivity contribution in [3.8, 4) is 0 Å². The Bertz CT molecular complexity index is 448. The molecule has 1 aromatic carbocycles. The van der Waals surface area contributed by atoms with Gasteiger partial charge in [0.25, 0.3) is 0 Å². The van der Waals surface area contributed by atoms with Gasteiger partial charge in [-0.15, -0.1) is 0 Å². The molecular weight excluding hydrogens is 238 g/mol. The van der Waals surface area contributed by atoms with Crippen molar-refractivity contribution in [1.29, 1.82) is 0 Å². The fraction of sp³-hybridized carbons (Fsp3) is 0.562. The first-order chi connectivity index (χ1) is 9.13. The predicted octanol–water partition coefficient (Wildman–Crippen LogP) is 2.80. The van der Waals surface area contributed by atoms with Gasteiger partial charge >= 0.3 is 0 Å². The van der Waals surface area contributed by atoms with Crippen LogP contribution in [0.2, 0.25) is 0 Å². The monoisotopic (exact) mass is 261 g/mol. The molecule has 19 heavy (non-hydrogen) atoms. The molecule has 1 fully saturated rings. The summed E-state index contributed by atoms with van der Waals surface area (Å²) in [6.07, 6.45) is 2.13. The Labute approximate surface area is 115 Å². The van der Waals surface area contributed by atoms with E-state index < -0.39 is 6.10 Å². The first-order valence-corrected chi connectivity index (χ1v) is 7.19. The molecule has 1 aliphatic heterocycles. The molecule has 1 aliphatic rings. The lowest BCUT2D eigenvalue weighted by molar-refractivity contribution is 0.0981. The number of hydrogen-bond acceptors (Lipinski definition) is 3. The number of carbonyl (C=O) groups is 1. The molecule has 0 saturated carbocycles. The van der Waals surface area contributed by atoms with Crippen molar-refractivity contribution in [2.24, 2.45) is 0 Å². The third-order valence-electron chi connectivity index (χ3n) is 3.96. The van der Waals surface area contributed by atoms with Crippen molar-refractivity contribution in [2.75, 3.05) is 13.1 Å². The van der Waals surface area contributed by atoms with Crippen LogP contribution in [0.25, 0.3) is 0 Å². The van der Waals surface area contributed by atoms with Crippen LogP contribution in [0.4, 0.5) is 0 Å². The number of nitrogens with one attached hydrogen (secondary N) is 1. The quantitative estimate of drug-likeness (QED) is 0.819. The highest BCUT2D eigenvalue weighted by molar-refractivity contribution is 5.97. The second kappa shape index (κ2) is 6.31. The second-order valence-corrected chi connectivity index (χ2v) is 5.32. The Morgan fingerprint density at radius 1 is 1.42 bits per heavy atom. The van der Waals surface area contributed by atoms with Gasteiger partial charge in [0.15, 0.2) is 5.78 Å². The highest BCUT2D eigenvalue weighted by atomic mass is 16.3. The summed E-state index contributed by atoms with van der Waals surface area (Å²) in [5.74, 6) is 0.652. The summed E-state index contributed by atoms with van der Waals surface area (Å²) in [7, 11) is 0. The molecule has 104 valence electrons. The van der Waals surface area contributed by atoms with E-state index in [0.29, 0.717) is 17.9 Å². The molecule has 3 heteroatoms. The second-order valence-electron chi connectivity index (χ2n) is 5.32. The van der Waals surface area contributed by atoms with Crippen LogP contribution in [0.3, 0.4) is 0 Å². The molecule has 1 aromatic rings. The number of aliphatic hydroxyl groups excluding tert-OH is 1. The first-order valence-electron chi connectivity index (χ1n) is 7.19. The normalized spacial score (nSPS) is 18.3. The maximum Gasteiger partial charge on any atom is 0.162 e. The number of Topliss-reactive ketones (excluding diaryl/α,β-unsaturated/α-hetero) is 1. The van der Waals surface area contributed by atoms with Gasteiger partial charge in [0.05, 0.1) is 6.10 Å². The first kappa shape index (κ1) is 14.2. The highest BCUT2D eigenvalue weighted by Gasteiger charge is 2.19. The Kier molecular flexibility index (Phi) is 4.72. The summed E-state index contributed by atoms with van der Waals surface area (Å²) in [6.45, 7) is 5.66. The molecule has 0 spiro atoms. The standard InChI is InChI=1S/C16H23NO2/c1-3-16(19)15-10-13(4-5-14(15)11(2)18)12-6-8-17-9-7-12/h4-5,10-12,17-18H,3,6-9H2,1-2H3. The minimum Gasteiger partial charge on any atom is -0.389 e. The lowest BCUT2D eigenvalue weighted by Gasteiger charge is -2.24. The Hall–Kier alpha value is -1.19. The number of aliphatic hydroxyl groups is 1. The molecule has 1 saturated heterocycles. The van der Waals surface area contributed by atoms with Crippen molar-refractivity contribution in [1.82, 2.24) is 5.32 Å². The smallest absolute Gasteiger partial charge is 0.162 e. The number of hydrogen-bond donors (Lipinski definition) is 2. The molecule has 0 aromatic heterocycles. The largest absolute Gasteiger partial charge is 0.389 e. The van der Waals surface area contributed by atoms with Crippen molar-refractivity contribution < 1.29 is 9.90 Å². The molecular formula is C16H23NO2. The molecule has 0 bridgehead atoms. The number of piperidine rings is 1. The molecule has 0 amide bonds. The third kappa shape index (κ3) is 3.23. The van der Waals surface area contributed by atoms with Crippen LogP contribution in [0, 0.1) is 0 Å². The van der Waals surface area contributed by atoms with Crippen LogP contribution in [0.5, 0.6) is 0 Å². The topological polar surface area (TPSA) is 49.3 Å². The van der Waals surface area contributed by atoms with Crippen molar-refractivity contribution in [3.05, 3.63) is 34.9 Å². The summed E-state index contributed by atoms with van der Waals surface area (Å²) >= 11 is 0. The van der Waals surface area contributed by atoms with E-state index in [1.165, 1.54) is 5.56 Å². The lowest BCUT2D eigenvalue weighted by atomic mass is 9.86. The average molecular weight is 261 g/mol. The molecule has 0 aliphatic carbocycles. The van der Waals surface area contributed by atoms with Gasteiger partial charge in [-0.05, 0) is 56.0 Å². The number of benzene rings is 1. The van der Waals surface area contributed by atoms with Crippen molar-refractivity contribution in [2.45, 2.75) is 45.1 Å². The SMILES string of the molecule is CCC(=O)c1cc(C2CCNCC2)ccc1C(C)O. The van der Waals surface area contributed by atoms with Crippen LogP contribution in [-0.4, -0.2) is 24.0 Å². The molecule has 1 heterocycles. The predicted molar refractivity (Wildman–Crippen MR) is 76.5 cm³/mol. The van der Waals surface area contributed by atoms with E-state index in [1.807, 2.05) is 19.1 Å². The molecule has 3 nitrogen and oxygen atoms in total. The zero-order chi connectivity index (χ0) is 13.8. The van der Waals surface area contributed by atoms with E-state index >= 15 is 0 Å². The average Bonchev–Trinajstić information content (AvgIpc) is 2.46. The minimum atomic E-state index is -0.590. The zero-order valence-corrected chi connectivity index (χ0v) is 11.8. The molecule has 0 radical (unpaired) electrons. The van der Waals surface area contributed by atoms with Gasteiger partial charge in [-0.2, -0.15) is 0 Å². The van der Waals surface area contributed by atoms with E-state index in [9.17, 15) is 9.90 Å². The fourth-order valence-electron chi connectivity index (χ4n) is 2.78. The summed E-state index contributed by atoms with van der Waals surface area (Å²) in [4.78, 5) is 12.1. The van der Waals surface area contributed by atoms with Crippen LogP contribution >= 0.6 is 0 Å². The summed E-state index contributed by atoms with van der Waals surface area (Å²) < 4.78 is 0. The number of carbonyl (C=O) groups excluding carboxylic acids is 1. The summed E-state index contributed by atoms with van der Waals surface area (Å²) in [5, 5.41) is 13.1. The van der Waals surface area contributed by atoms with Gasteiger partial charge in [0.1, 0.15) is 0 Å². The minimum absolute atomic E-state index is 0.117. The Morgan fingerprint density at radius 3 is 2.68 bits per heavy atom. The Balaban J connectivity index is 2.34. The number of ketones is 1. The van der Waals surface area contributed by atoms with Gasteiger partial charge in [-0.3, -0.25) is 4.79 Å². The van der Waals surface area contributed by atoms with Gasteiger partial charge in [0.2, 0.25) is 0 Å². The van der Waals surface area contributed by atoms with Gasteiger partial charge in [-0.1, -0.05) is 19.1 Å². The van der Waals surface area contributed by atoms with E-state index in [-0.39, 0.29) is 5.78 Å². The van der Waals surface area contributed by atoms with Gasteiger partial charge in [0, 0.05) is 12.0 Å². The van der Waals surface area contributed by atoms with Crippen LogP contribution < -0.4 is 5.32 Å². The molecule has 1 unspecified atom stereocenters. The molecule has 1 atom stereocenters. The van der Waals surface area contributed by atoms with Gasteiger partial charge in [-0.25, -0.2) is 0 Å². The number of rotatable bonds is 4. The van der Waals surface area contributed by atoms with Crippen LogP contribution in [-0.2, 0) is 0 Å². The van der Waals surface area contributed by atoms with Gasteiger partial charge < -0.3 is 10.4 Å². The fourth-order valence-corrected chi connectivity index (χ4v) is 2.78. The summed E-state index contributed by atoms with van der Waals surface area (Å²) in [6, 6.07) is 6.00. The molecule has 2 rings (SSSR count).